The average Bonchev–Trinajstić information content (AvgIpc) is 2.88. The van der Waals surface area contributed by atoms with E-state index in [-0.39, 0.29) is 5.94 Å². The summed E-state index contributed by atoms with van der Waals surface area (Å²) in [6.45, 7) is 8.60. The van der Waals surface area contributed by atoms with Crippen LogP contribution in [0.2, 0.25) is 0 Å². The Bertz CT molecular complexity index is 1190. The summed E-state index contributed by atoms with van der Waals surface area (Å²) in [5.74, 6) is 1.37. The molecule has 6 nitrogen and oxygen atoms in total. The van der Waals surface area contributed by atoms with Crippen molar-refractivity contribution in [2.75, 3.05) is 19.2 Å². The molecule has 0 fully saturated rings. The SMILES string of the molecule is CCCCOc1cc2ccc(OCS(=O)c3ccccc3CC)cc2c(OC(C)=O)c1OCCCC. The van der Waals surface area contributed by atoms with Crippen LogP contribution in [-0.4, -0.2) is 29.3 Å². The van der Waals surface area contributed by atoms with E-state index in [0.717, 1.165) is 47.9 Å². The molecule has 0 aliphatic carbocycles. The van der Waals surface area contributed by atoms with E-state index in [9.17, 15) is 9.00 Å². The van der Waals surface area contributed by atoms with Gasteiger partial charge in [0.1, 0.15) is 5.75 Å². The summed E-state index contributed by atoms with van der Waals surface area (Å²) in [4.78, 5) is 12.8. The van der Waals surface area contributed by atoms with Crippen molar-refractivity contribution in [3.63, 3.8) is 0 Å². The molecule has 3 aromatic carbocycles. The van der Waals surface area contributed by atoms with Crippen molar-refractivity contribution in [1.82, 2.24) is 0 Å². The van der Waals surface area contributed by atoms with E-state index < -0.39 is 16.8 Å². The van der Waals surface area contributed by atoms with Crippen LogP contribution in [0.1, 0.15) is 58.9 Å². The number of rotatable bonds is 14. The van der Waals surface area contributed by atoms with Crippen LogP contribution in [0.3, 0.4) is 0 Å². The lowest BCUT2D eigenvalue weighted by Crippen LogP contribution is -2.09. The second-order valence-electron chi connectivity index (χ2n) is 8.48. The largest absolute Gasteiger partial charge is 0.490 e. The van der Waals surface area contributed by atoms with Gasteiger partial charge in [-0.1, -0.05) is 57.9 Å². The monoisotopic (exact) mass is 512 g/mol. The number of fused-ring (bicyclic) bond motifs is 1. The van der Waals surface area contributed by atoms with Crippen molar-refractivity contribution in [3.05, 3.63) is 54.1 Å². The van der Waals surface area contributed by atoms with Gasteiger partial charge in [0.25, 0.3) is 0 Å². The van der Waals surface area contributed by atoms with Gasteiger partial charge in [-0.15, -0.1) is 0 Å². The van der Waals surface area contributed by atoms with Crippen LogP contribution in [0, 0.1) is 0 Å². The average molecular weight is 513 g/mol. The van der Waals surface area contributed by atoms with Crippen LogP contribution < -0.4 is 18.9 Å². The van der Waals surface area contributed by atoms with Crippen LogP contribution in [-0.2, 0) is 22.0 Å². The lowest BCUT2D eigenvalue weighted by molar-refractivity contribution is -0.131. The van der Waals surface area contributed by atoms with E-state index in [4.69, 9.17) is 18.9 Å². The number of ether oxygens (including phenoxy) is 4. The fourth-order valence-corrected chi connectivity index (χ4v) is 4.83. The molecule has 0 aliphatic heterocycles. The van der Waals surface area contributed by atoms with Crippen LogP contribution in [0.15, 0.2) is 53.4 Å². The molecule has 0 saturated heterocycles. The van der Waals surface area contributed by atoms with Gasteiger partial charge in [-0.3, -0.25) is 9.00 Å². The lowest BCUT2D eigenvalue weighted by Gasteiger charge is -2.19. The predicted molar refractivity (Wildman–Crippen MR) is 144 cm³/mol. The molecule has 3 rings (SSSR count). The third-order valence-electron chi connectivity index (χ3n) is 5.66. The maximum Gasteiger partial charge on any atom is 0.308 e. The summed E-state index contributed by atoms with van der Waals surface area (Å²) in [5, 5.41) is 1.49. The summed E-state index contributed by atoms with van der Waals surface area (Å²) in [5.41, 5.74) is 1.04. The maximum atomic E-state index is 12.9. The van der Waals surface area contributed by atoms with Gasteiger partial charge in [0.15, 0.2) is 17.4 Å². The van der Waals surface area contributed by atoms with E-state index in [0.29, 0.717) is 41.6 Å². The molecule has 1 unspecified atom stereocenters. The van der Waals surface area contributed by atoms with Crippen LogP contribution in [0.5, 0.6) is 23.0 Å². The predicted octanol–water partition coefficient (Wildman–Crippen LogP) is 6.83. The van der Waals surface area contributed by atoms with E-state index >= 15 is 0 Å². The summed E-state index contributed by atoms with van der Waals surface area (Å²) in [6, 6.07) is 15.1. The summed E-state index contributed by atoms with van der Waals surface area (Å²) >= 11 is 0. The molecular weight excluding hydrogens is 476 g/mol. The molecule has 0 N–H and O–H groups in total. The number of hydrogen-bond acceptors (Lipinski definition) is 6. The molecule has 0 radical (unpaired) electrons. The normalized spacial score (nSPS) is 11.8. The van der Waals surface area contributed by atoms with E-state index in [1.54, 1.807) is 6.07 Å². The minimum Gasteiger partial charge on any atom is -0.490 e. The van der Waals surface area contributed by atoms with Gasteiger partial charge < -0.3 is 18.9 Å². The number of hydrogen-bond donors (Lipinski definition) is 0. The van der Waals surface area contributed by atoms with Crippen molar-refractivity contribution in [2.45, 2.75) is 64.7 Å². The topological polar surface area (TPSA) is 71.1 Å². The molecule has 0 aliphatic rings. The molecule has 3 aromatic rings. The van der Waals surface area contributed by atoms with Crippen LogP contribution >= 0.6 is 0 Å². The number of esters is 1. The smallest absolute Gasteiger partial charge is 0.308 e. The van der Waals surface area contributed by atoms with Gasteiger partial charge in [-0.2, -0.15) is 0 Å². The highest BCUT2D eigenvalue weighted by Gasteiger charge is 2.20. The number of benzene rings is 3. The number of carbonyl (C=O) groups is 1. The first kappa shape index (κ1) is 27.5. The standard InChI is InChI=1S/C29H36O6S/c1-5-8-16-32-26-18-23-14-15-24(34-20-36(31)27-13-11-10-12-22(27)7-3)19-25(23)28(35-21(4)30)29(26)33-17-9-6-2/h10-15,18-19H,5-9,16-17,20H2,1-4H3. The summed E-state index contributed by atoms with van der Waals surface area (Å²) in [6.07, 6.45) is 4.54. The van der Waals surface area contributed by atoms with Gasteiger partial charge in [-0.25, -0.2) is 0 Å². The maximum absolute atomic E-state index is 12.9. The third kappa shape index (κ3) is 7.23. The Morgan fingerprint density at radius 1 is 0.861 bits per heavy atom. The summed E-state index contributed by atoms with van der Waals surface area (Å²) in [7, 11) is -1.31. The molecule has 0 aromatic heterocycles. The van der Waals surface area contributed by atoms with E-state index in [1.807, 2.05) is 49.4 Å². The molecule has 7 heteroatoms. The Balaban J connectivity index is 1.96. The van der Waals surface area contributed by atoms with Crippen molar-refractivity contribution < 1.29 is 28.0 Å². The fraction of sp³-hybridized carbons (Fsp3) is 0.414. The van der Waals surface area contributed by atoms with Crippen LogP contribution in [0.4, 0.5) is 0 Å². The van der Waals surface area contributed by atoms with E-state index in [2.05, 4.69) is 13.8 Å². The van der Waals surface area contributed by atoms with Crippen molar-refractivity contribution in [3.8, 4) is 23.0 Å². The highest BCUT2D eigenvalue weighted by molar-refractivity contribution is 7.85. The van der Waals surface area contributed by atoms with Gasteiger partial charge in [0.05, 0.1) is 24.0 Å². The van der Waals surface area contributed by atoms with Crippen molar-refractivity contribution >= 4 is 27.5 Å². The van der Waals surface area contributed by atoms with Crippen LogP contribution in [0.25, 0.3) is 10.8 Å². The fourth-order valence-electron chi connectivity index (χ4n) is 3.73. The third-order valence-corrected chi connectivity index (χ3v) is 6.88. The minimum atomic E-state index is -1.31. The molecule has 0 spiro atoms. The molecule has 0 amide bonds. The molecule has 0 bridgehead atoms. The highest BCUT2D eigenvalue weighted by atomic mass is 32.2. The number of carbonyl (C=O) groups excluding carboxylic acids is 1. The zero-order chi connectivity index (χ0) is 25.9. The van der Waals surface area contributed by atoms with E-state index in [1.165, 1.54) is 6.92 Å². The van der Waals surface area contributed by atoms with Gasteiger partial charge in [0, 0.05) is 17.2 Å². The van der Waals surface area contributed by atoms with Crippen molar-refractivity contribution in [2.24, 2.45) is 0 Å². The highest BCUT2D eigenvalue weighted by Crippen LogP contribution is 2.45. The van der Waals surface area contributed by atoms with Gasteiger partial charge >= 0.3 is 5.97 Å². The van der Waals surface area contributed by atoms with Gasteiger partial charge in [-0.05, 0) is 54.5 Å². The second kappa shape index (κ2) is 13.9. The number of unbranched alkanes of at least 4 members (excludes halogenated alkanes) is 2. The Morgan fingerprint density at radius 3 is 2.28 bits per heavy atom. The Hall–Kier alpha value is -3.06. The summed E-state index contributed by atoms with van der Waals surface area (Å²) < 4.78 is 36.6. The lowest BCUT2D eigenvalue weighted by atomic mass is 10.1. The Labute approximate surface area is 216 Å². The number of aryl methyl sites for hydroxylation is 1. The Morgan fingerprint density at radius 2 is 1.58 bits per heavy atom. The zero-order valence-corrected chi connectivity index (χ0v) is 22.4. The Kier molecular flexibility index (Phi) is 10.6. The molecule has 194 valence electrons. The zero-order valence-electron chi connectivity index (χ0n) is 21.6. The molecular formula is C29H36O6S. The minimum absolute atomic E-state index is 0.0173. The first-order valence-electron chi connectivity index (χ1n) is 12.6. The molecule has 0 heterocycles. The van der Waals surface area contributed by atoms with Crippen molar-refractivity contribution in [1.29, 1.82) is 0 Å². The quantitative estimate of drug-likeness (QED) is 0.134. The first-order valence-corrected chi connectivity index (χ1v) is 13.9. The van der Waals surface area contributed by atoms with Gasteiger partial charge in [0.2, 0.25) is 5.75 Å². The second-order valence-corrected chi connectivity index (χ2v) is 9.85. The molecule has 1 atom stereocenters. The molecule has 36 heavy (non-hydrogen) atoms. The first-order chi connectivity index (χ1) is 17.5. The molecule has 0 saturated carbocycles.